The van der Waals surface area contributed by atoms with Crippen molar-refractivity contribution in [3.63, 3.8) is 0 Å². The minimum atomic E-state index is -0.355. The SMILES string of the molecule is Cc1onc(-c2ccccc2)c1C(=O)Nc1cc(Cl)ccc1Cl. The number of halogens is 2. The Hall–Kier alpha value is -2.30. The van der Waals surface area contributed by atoms with Crippen LogP contribution in [0.3, 0.4) is 0 Å². The number of aryl methyl sites for hydroxylation is 1. The topological polar surface area (TPSA) is 55.1 Å². The first-order valence-electron chi connectivity index (χ1n) is 6.84. The molecule has 6 heteroatoms. The van der Waals surface area contributed by atoms with Crippen LogP contribution in [0, 0.1) is 6.92 Å². The van der Waals surface area contributed by atoms with Crippen molar-refractivity contribution in [2.75, 3.05) is 5.32 Å². The minimum Gasteiger partial charge on any atom is -0.360 e. The Morgan fingerprint density at radius 1 is 1.13 bits per heavy atom. The second kappa shape index (κ2) is 6.44. The van der Waals surface area contributed by atoms with Gasteiger partial charge in [-0.1, -0.05) is 58.7 Å². The van der Waals surface area contributed by atoms with Crippen LogP contribution >= 0.6 is 23.2 Å². The molecule has 0 saturated heterocycles. The minimum absolute atomic E-state index is 0.355. The lowest BCUT2D eigenvalue weighted by Gasteiger charge is -2.08. The van der Waals surface area contributed by atoms with E-state index < -0.39 is 0 Å². The van der Waals surface area contributed by atoms with E-state index in [9.17, 15) is 4.79 Å². The number of nitrogens with one attached hydrogen (secondary N) is 1. The quantitative estimate of drug-likeness (QED) is 0.708. The Bertz CT molecular complexity index is 860. The fraction of sp³-hybridized carbons (Fsp3) is 0.0588. The number of hydrogen-bond donors (Lipinski definition) is 1. The first-order chi connectivity index (χ1) is 11.1. The first kappa shape index (κ1) is 15.6. The number of anilines is 1. The van der Waals surface area contributed by atoms with Gasteiger partial charge in [0.25, 0.3) is 5.91 Å². The number of carbonyl (C=O) groups is 1. The van der Waals surface area contributed by atoms with Crippen molar-refractivity contribution in [1.29, 1.82) is 0 Å². The smallest absolute Gasteiger partial charge is 0.261 e. The molecule has 116 valence electrons. The molecular formula is C17H12Cl2N2O2. The second-order valence-electron chi connectivity index (χ2n) is 4.91. The zero-order valence-corrected chi connectivity index (χ0v) is 13.7. The van der Waals surface area contributed by atoms with Gasteiger partial charge in [-0.3, -0.25) is 4.79 Å². The molecule has 1 aromatic heterocycles. The summed E-state index contributed by atoms with van der Waals surface area (Å²) in [5, 5.41) is 7.63. The van der Waals surface area contributed by atoms with Crippen molar-refractivity contribution in [2.24, 2.45) is 0 Å². The van der Waals surface area contributed by atoms with Gasteiger partial charge in [0.1, 0.15) is 17.0 Å². The fourth-order valence-corrected chi connectivity index (χ4v) is 2.55. The predicted octanol–water partition coefficient (Wildman–Crippen LogP) is 5.21. The number of carbonyl (C=O) groups excluding carboxylic acids is 1. The Morgan fingerprint density at radius 3 is 2.61 bits per heavy atom. The Labute approximate surface area is 143 Å². The van der Waals surface area contributed by atoms with Crippen molar-refractivity contribution in [3.05, 3.63) is 69.9 Å². The molecule has 0 atom stereocenters. The third-order valence-corrected chi connectivity index (χ3v) is 3.88. The Balaban J connectivity index is 1.97. The zero-order valence-electron chi connectivity index (χ0n) is 12.1. The average molecular weight is 347 g/mol. The molecule has 0 bridgehead atoms. The highest BCUT2D eigenvalue weighted by Gasteiger charge is 2.22. The maximum atomic E-state index is 12.6. The van der Waals surface area contributed by atoms with E-state index in [1.165, 1.54) is 0 Å². The molecule has 1 N–H and O–H groups in total. The third kappa shape index (κ3) is 3.23. The largest absolute Gasteiger partial charge is 0.360 e. The van der Waals surface area contributed by atoms with E-state index in [2.05, 4.69) is 10.5 Å². The molecule has 1 amide bonds. The van der Waals surface area contributed by atoms with E-state index >= 15 is 0 Å². The summed E-state index contributed by atoms with van der Waals surface area (Å²) < 4.78 is 5.19. The highest BCUT2D eigenvalue weighted by Crippen LogP contribution is 2.29. The number of nitrogens with zero attached hydrogens (tertiary/aromatic N) is 1. The van der Waals surface area contributed by atoms with E-state index in [0.29, 0.717) is 32.8 Å². The van der Waals surface area contributed by atoms with Crippen molar-refractivity contribution in [1.82, 2.24) is 5.16 Å². The molecule has 0 radical (unpaired) electrons. The fourth-order valence-electron chi connectivity index (χ4n) is 2.21. The van der Waals surface area contributed by atoms with E-state index in [1.54, 1.807) is 25.1 Å². The van der Waals surface area contributed by atoms with E-state index in [-0.39, 0.29) is 5.91 Å². The highest BCUT2D eigenvalue weighted by molar-refractivity contribution is 6.36. The summed E-state index contributed by atoms with van der Waals surface area (Å²) in [6.07, 6.45) is 0. The van der Waals surface area contributed by atoms with Gasteiger partial charge in [-0.2, -0.15) is 0 Å². The summed E-state index contributed by atoms with van der Waals surface area (Å²) in [7, 11) is 0. The van der Waals surface area contributed by atoms with Gasteiger partial charge in [0.2, 0.25) is 0 Å². The van der Waals surface area contributed by atoms with Gasteiger partial charge in [0.15, 0.2) is 0 Å². The van der Waals surface area contributed by atoms with Crippen LogP contribution in [-0.2, 0) is 0 Å². The van der Waals surface area contributed by atoms with Gasteiger partial charge in [0.05, 0.1) is 10.7 Å². The second-order valence-corrected chi connectivity index (χ2v) is 5.75. The van der Waals surface area contributed by atoms with Crippen LogP contribution in [0.15, 0.2) is 53.1 Å². The molecule has 0 fully saturated rings. The molecule has 3 rings (SSSR count). The van der Waals surface area contributed by atoms with Crippen LogP contribution in [0.4, 0.5) is 5.69 Å². The first-order valence-corrected chi connectivity index (χ1v) is 7.60. The van der Waals surface area contributed by atoms with Crippen LogP contribution < -0.4 is 5.32 Å². The van der Waals surface area contributed by atoms with Crippen molar-refractivity contribution in [3.8, 4) is 11.3 Å². The summed E-state index contributed by atoms with van der Waals surface area (Å²) in [4.78, 5) is 12.6. The molecule has 23 heavy (non-hydrogen) atoms. The maximum Gasteiger partial charge on any atom is 0.261 e. The normalized spacial score (nSPS) is 10.6. The molecular weight excluding hydrogens is 335 g/mol. The number of rotatable bonds is 3. The van der Waals surface area contributed by atoms with Crippen molar-refractivity contribution < 1.29 is 9.32 Å². The van der Waals surface area contributed by atoms with E-state index in [4.69, 9.17) is 27.7 Å². The summed E-state index contributed by atoms with van der Waals surface area (Å²) in [6, 6.07) is 14.2. The van der Waals surface area contributed by atoms with Crippen LogP contribution in [-0.4, -0.2) is 11.1 Å². The molecule has 2 aromatic carbocycles. The lowest BCUT2D eigenvalue weighted by Crippen LogP contribution is -2.13. The van der Waals surface area contributed by atoms with Gasteiger partial charge in [-0.25, -0.2) is 0 Å². The lowest BCUT2D eigenvalue weighted by atomic mass is 10.1. The molecule has 0 aliphatic rings. The van der Waals surface area contributed by atoms with Gasteiger partial charge in [-0.15, -0.1) is 0 Å². The van der Waals surface area contributed by atoms with Crippen LogP contribution in [0.25, 0.3) is 11.3 Å². The number of aromatic nitrogens is 1. The Kier molecular flexibility index (Phi) is 4.37. The molecule has 0 aliphatic carbocycles. The zero-order chi connectivity index (χ0) is 16.4. The molecule has 1 heterocycles. The van der Waals surface area contributed by atoms with Gasteiger partial charge >= 0.3 is 0 Å². The predicted molar refractivity (Wildman–Crippen MR) is 91.1 cm³/mol. The third-order valence-electron chi connectivity index (χ3n) is 3.31. The van der Waals surface area contributed by atoms with Gasteiger partial charge in [-0.05, 0) is 25.1 Å². The van der Waals surface area contributed by atoms with Crippen molar-refractivity contribution >= 4 is 34.8 Å². The molecule has 0 unspecified atom stereocenters. The summed E-state index contributed by atoms with van der Waals surface area (Å²) in [5.74, 6) is 0.0753. The summed E-state index contributed by atoms with van der Waals surface area (Å²) in [5.41, 5.74) is 2.08. The van der Waals surface area contributed by atoms with Gasteiger partial charge in [0, 0.05) is 10.6 Å². The summed E-state index contributed by atoms with van der Waals surface area (Å²) in [6.45, 7) is 1.69. The summed E-state index contributed by atoms with van der Waals surface area (Å²) >= 11 is 12.0. The van der Waals surface area contributed by atoms with E-state index in [1.807, 2.05) is 30.3 Å². The van der Waals surface area contributed by atoms with Crippen molar-refractivity contribution in [2.45, 2.75) is 6.92 Å². The van der Waals surface area contributed by atoms with E-state index in [0.717, 1.165) is 5.56 Å². The lowest BCUT2D eigenvalue weighted by molar-refractivity contribution is 0.102. The number of hydrogen-bond acceptors (Lipinski definition) is 3. The molecule has 4 nitrogen and oxygen atoms in total. The van der Waals surface area contributed by atoms with Crippen LogP contribution in [0.5, 0.6) is 0 Å². The highest BCUT2D eigenvalue weighted by atomic mass is 35.5. The number of amides is 1. The van der Waals surface area contributed by atoms with Crippen LogP contribution in [0.2, 0.25) is 10.0 Å². The van der Waals surface area contributed by atoms with Crippen LogP contribution in [0.1, 0.15) is 16.1 Å². The molecule has 0 spiro atoms. The molecule has 0 aliphatic heterocycles. The number of benzene rings is 2. The Morgan fingerprint density at radius 2 is 1.87 bits per heavy atom. The molecule has 0 saturated carbocycles. The average Bonchev–Trinajstić information content (AvgIpc) is 2.93. The van der Waals surface area contributed by atoms with Gasteiger partial charge < -0.3 is 9.84 Å². The maximum absolute atomic E-state index is 12.6. The molecule has 3 aromatic rings. The monoisotopic (exact) mass is 346 g/mol. The standard InChI is InChI=1S/C17H12Cl2N2O2/c1-10-15(16(21-23-10)11-5-3-2-4-6-11)17(22)20-14-9-12(18)7-8-13(14)19/h2-9H,1H3,(H,20,22).